The second kappa shape index (κ2) is 6.90. The summed E-state index contributed by atoms with van der Waals surface area (Å²) in [6.45, 7) is 4.48. The van der Waals surface area contributed by atoms with Crippen molar-refractivity contribution in [2.45, 2.75) is 45.8 Å². The zero-order chi connectivity index (χ0) is 12.8. The van der Waals surface area contributed by atoms with Gasteiger partial charge in [-0.1, -0.05) is 24.9 Å². The second-order valence-corrected chi connectivity index (χ2v) is 5.47. The largest absolute Gasteiger partial charge is 0.373 e. The number of nitrogens with one attached hydrogen (secondary N) is 1. The summed E-state index contributed by atoms with van der Waals surface area (Å²) in [5.74, 6) is 2.41. The summed E-state index contributed by atoms with van der Waals surface area (Å²) < 4.78 is 11.0. The quantitative estimate of drug-likeness (QED) is 0.845. The first kappa shape index (κ1) is 13.6. The molecule has 18 heavy (non-hydrogen) atoms. The normalized spacial score (nSPS) is 24.3. The molecule has 0 aromatic carbocycles. The van der Waals surface area contributed by atoms with Crippen LogP contribution >= 0.6 is 0 Å². The number of hydrogen-bond donors (Lipinski definition) is 1. The van der Waals surface area contributed by atoms with Gasteiger partial charge in [-0.2, -0.15) is 0 Å². The SMILES string of the molecule is CNCc1cc(COCC2CCCC(C)C2)on1. The van der Waals surface area contributed by atoms with Crippen molar-refractivity contribution in [1.29, 1.82) is 0 Å². The number of ether oxygens (including phenoxy) is 1. The number of rotatable bonds is 6. The highest BCUT2D eigenvalue weighted by molar-refractivity contribution is 5.03. The van der Waals surface area contributed by atoms with Crippen LogP contribution < -0.4 is 5.32 Å². The molecule has 0 spiro atoms. The van der Waals surface area contributed by atoms with Gasteiger partial charge in [0.2, 0.25) is 0 Å². The highest BCUT2D eigenvalue weighted by Crippen LogP contribution is 2.28. The molecule has 2 unspecified atom stereocenters. The molecule has 0 saturated heterocycles. The maximum atomic E-state index is 5.74. The Kier molecular flexibility index (Phi) is 5.20. The van der Waals surface area contributed by atoms with Crippen molar-refractivity contribution in [3.05, 3.63) is 17.5 Å². The van der Waals surface area contributed by atoms with Crippen LogP contribution in [0.3, 0.4) is 0 Å². The minimum absolute atomic E-state index is 0.543. The summed E-state index contributed by atoms with van der Waals surface area (Å²) in [5, 5.41) is 7.01. The summed E-state index contributed by atoms with van der Waals surface area (Å²) in [7, 11) is 1.90. The summed E-state index contributed by atoms with van der Waals surface area (Å²) in [4.78, 5) is 0. The Labute approximate surface area is 109 Å². The fourth-order valence-electron chi connectivity index (χ4n) is 2.73. The molecule has 1 saturated carbocycles. The molecule has 1 N–H and O–H groups in total. The lowest BCUT2D eigenvalue weighted by Gasteiger charge is -2.26. The van der Waals surface area contributed by atoms with E-state index in [2.05, 4.69) is 17.4 Å². The molecule has 1 aliphatic carbocycles. The molecule has 102 valence electrons. The van der Waals surface area contributed by atoms with E-state index in [0.717, 1.165) is 36.4 Å². The highest BCUT2D eigenvalue weighted by atomic mass is 16.5. The molecular formula is C14H24N2O2. The highest BCUT2D eigenvalue weighted by Gasteiger charge is 2.19. The zero-order valence-corrected chi connectivity index (χ0v) is 11.4. The fourth-order valence-corrected chi connectivity index (χ4v) is 2.73. The Morgan fingerprint density at radius 2 is 2.39 bits per heavy atom. The molecule has 1 aliphatic rings. The fraction of sp³-hybridized carbons (Fsp3) is 0.786. The summed E-state index contributed by atoms with van der Waals surface area (Å²) in [5.41, 5.74) is 0.933. The van der Waals surface area contributed by atoms with Crippen molar-refractivity contribution in [3.8, 4) is 0 Å². The Morgan fingerprint density at radius 1 is 1.50 bits per heavy atom. The van der Waals surface area contributed by atoms with Gasteiger partial charge in [-0.05, 0) is 31.7 Å². The van der Waals surface area contributed by atoms with E-state index >= 15 is 0 Å². The average molecular weight is 252 g/mol. The van der Waals surface area contributed by atoms with Crippen molar-refractivity contribution in [3.63, 3.8) is 0 Å². The maximum absolute atomic E-state index is 5.74. The summed E-state index contributed by atoms with van der Waals surface area (Å²) in [6, 6.07) is 1.96. The van der Waals surface area contributed by atoms with E-state index in [1.54, 1.807) is 0 Å². The van der Waals surface area contributed by atoms with E-state index in [1.807, 2.05) is 13.1 Å². The molecule has 0 amide bonds. The van der Waals surface area contributed by atoms with Gasteiger partial charge in [-0.15, -0.1) is 0 Å². The Hall–Kier alpha value is -0.870. The molecule has 1 aromatic rings. The Morgan fingerprint density at radius 3 is 3.17 bits per heavy atom. The Balaban J connectivity index is 1.67. The van der Waals surface area contributed by atoms with Crippen LogP contribution in [0.2, 0.25) is 0 Å². The van der Waals surface area contributed by atoms with Crippen LogP contribution in [0.15, 0.2) is 10.6 Å². The molecule has 1 aromatic heterocycles. The van der Waals surface area contributed by atoms with Gasteiger partial charge >= 0.3 is 0 Å². The van der Waals surface area contributed by atoms with Crippen LogP contribution in [0.1, 0.15) is 44.1 Å². The molecule has 1 heterocycles. The smallest absolute Gasteiger partial charge is 0.162 e. The van der Waals surface area contributed by atoms with Crippen LogP contribution in [0.4, 0.5) is 0 Å². The average Bonchev–Trinajstić information content (AvgIpc) is 2.78. The predicted molar refractivity (Wildman–Crippen MR) is 70.0 cm³/mol. The maximum Gasteiger partial charge on any atom is 0.162 e. The molecule has 4 heteroatoms. The minimum Gasteiger partial charge on any atom is -0.373 e. The first-order chi connectivity index (χ1) is 8.78. The van der Waals surface area contributed by atoms with Crippen molar-refractivity contribution in [1.82, 2.24) is 10.5 Å². The van der Waals surface area contributed by atoms with Crippen LogP contribution in [-0.4, -0.2) is 18.8 Å². The van der Waals surface area contributed by atoms with Gasteiger partial charge < -0.3 is 14.6 Å². The van der Waals surface area contributed by atoms with Crippen LogP contribution in [0, 0.1) is 11.8 Å². The lowest BCUT2D eigenvalue weighted by molar-refractivity contribution is 0.0537. The van der Waals surface area contributed by atoms with Gasteiger partial charge in [0.05, 0.1) is 12.3 Å². The van der Waals surface area contributed by atoms with Gasteiger partial charge in [0.15, 0.2) is 5.76 Å². The van der Waals surface area contributed by atoms with E-state index in [4.69, 9.17) is 9.26 Å². The van der Waals surface area contributed by atoms with Gasteiger partial charge in [-0.25, -0.2) is 0 Å². The first-order valence-corrected chi connectivity index (χ1v) is 6.94. The molecule has 0 radical (unpaired) electrons. The van der Waals surface area contributed by atoms with E-state index in [-0.39, 0.29) is 0 Å². The van der Waals surface area contributed by atoms with E-state index < -0.39 is 0 Å². The van der Waals surface area contributed by atoms with E-state index in [1.165, 1.54) is 25.7 Å². The van der Waals surface area contributed by atoms with Crippen molar-refractivity contribution < 1.29 is 9.26 Å². The van der Waals surface area contributed by atoms with E-state index in [0.29, 0.717) is 6.61 Å². The topological polar surface area (TPSA) is 47.3 Å². The van der Waals surface area contributed by atoms with Crippen molar-refractivity contribution in [2.75, 3.05) is 13.7 Å². The molecule has 1 fully saturated rings. The molecule has 0 bridgehead atoms. The standard InChI is InChI=1S/C14H24N2O2/c1-11-4-3-5-12(6-11)9-17-10-14-7-13(8-15-2)16-18-14/h7,11-12,15H,3-6,8-10H2,1-2H3. The molecule has 2 atom stereocenters. The van der Waals surface area contributed by atoms with Crippen molar-refractivity contribution >= 4 is 0 Å². The number of hydrogen-bond acceptors (Lipinski definition) is 4. The molecule has 4 nitrogen and oxygen atoms in total. The molecular weight excluding hydrogens is 228 g/mol. The van der Waals surface area contributed by atoms with Crippen LogP contribution in [-0.2, 0) is 17.9 Å². The van der Waals surface area contributed by atoms with Gasteiger partial charge in [0, 0.05) is 12.6 Å². The van der Waals surface area contributed by atoms with E-state index in [9.17, 15) is 0 Å². The predicted octanol–water partition coefficient (Wildman–Crippen LogP) is 2.74. The minimum atomic E-state index is 0.543. The molecule has 0 aliphatic heterocycles. The third kappa shape index (κ3) is 4.10. The Bertz CT molecular complexity index is 351. The second-order valence-electron chi connectivity index (χ2n) is 5.47. The van der Waals surface area contributed by atoms with Crippen LogP contribution in [0.25, 0.3) is 0 Å². The van der Waals surface area contributed by atoms with Gasteiger partial charge in [-0.3, -0.25) is 0 Å². The third-order valence-electron chi connectivity index (χ3n) is 3.61. The van der Waals surface area contributed by atoms with Crippen LogP contribution in [0.5, 0.6) is 0 Å². The number of nitrogens with zero attached hydrogens (tertiary/aromatic N) is 1. The van der Waals surface area contributed by atoms with Gasteiger partial charge in [0.25, 0.3) is 0 Å². The molecule has 2 rings (SSSR count). The summed E-state index contributed by atoms with van der Waals surface area (Å²) in [6.07, 6.45) is 5.35. The first-order valence-electron chi connectivity index (χ1n) is 6.94. The zero-order valence-electron chi connectivity index (χ0n) is 11.4. The lowest BCUT2D eigenvalue weighted by Crippen LogP contribution is -2.18. The van der Waals surface area contributed by atoms with Gasteiger partial charge in [0.1, 0.15) is 6.61 Å². The summed E-state index contributed by atoms with van der Waals surface area (Å²) >= 11 is 0. The third-order valence-corrected chi connectivity index (χ3v) is 3.61. The number of aromatic nitrogens is 1. The van der Waals surface area contributed by atoms with Crippen molar-refractivity contribution in [2.24, 2.45) is 11.8 Å². The lowest BCUT2D eigenvalue weighted by atomic mass is 9.83. The monoisotopic (exact) mass is 252 g/mol.